The minimum Gasteiger partial charge on any atom is -0.315 e. The molecule has 2 N–H and O–H groups in total. The van der Waals surface area contributed by atoms with E-state index in [2.05, 4.69) is 28.6 Å². The van der Waals surface area contributed by atoms with Gasteiger partial charge in [-0.2, -0.15) is 0 Å². The van der Waals surface area contributed by atoms with Crippen LogP contribution < -0.4 is 10.6 Å². The molecule has 3 heteroatoms. The molecule has 3 nitrogen and oxygen atoms in total. The molecule has 1 aliphatic rings. The molecule has 2 unspecified atom stereocenters. The maximum Gasteiger partial charge on any atom is 0.0315 e. The zero-order chi connectivity index (χ0) is 10.5. The van der Waals surface area contributed by atoms with Crippen LogP contribution >= 0.6 is 0 Å². The Morgan fingerprint density at radius 2 is 2.53 bits per heavy atom. The van der Waals surface area contributed by atoms with Crippen molar-refractivity contribution in [2.45, 2.75) is 31.8 Å². The van der Waals surface area contributed by atoms with Gasteiger partial charge in [0.25, 0.3) is 0 Å². The smallest absolute Gasteiger partial charge is 0.0315 e. The summed E-state index contributed by atoms with van der Waals surface area (Å²) in [5.41, 5.74) is 1.27. The van der Waals surface area contributed by atoms with Gasteiger partial charge in [0.05, 0.1) is 0 Å². The lowest BCUT2D eigenvalue weighted by Crippen LogP contribution is -2.43. The summed E-state index contributed by atoms with van der Waals surface area (Å²) in [6.07, 6.45) is 6.31. The average molecular weight is 205 g/mol. The fourth-order valence-electron chi connectivity index (χ4n) is 2.08. The van der Waals surface area contributed by atoms with Crippen molar-refractivity contribution in [3.05, 3.63) is 30.1 Å². The van der Waals surface area contributed by atoms with Crippen LogP contribution in [0.3, 0.4) is 0 Å². The van der Waals surface area contributed by atoms with E-state index in [9.17, 15) is 0 Å². The highest BCUT2D eigenvalue weighted by atomic mass is 15.0. The predicted molar refractivity (Wildman–Crippen MR) is 61.7 cm³/mol. The maximum absolute atomic E-state index is 4.14. The molecule has 1 aliphatic heterocycles. The van der Waals surface area contributed by atoms with Crippen LogP contribution in [0.4, 0.5) is 0 Å². The first-order valence-corrected chi connectivity index (χ1v) is 5.73. The van der Waals surface area contributed by atoms with E-state index in [-0.39, 0.29) is 0 Å². The first-order valence-electron chi connectivity index (χ1n) is 5.73. The summed E-state index contributed by atoms with van der Waals surface area (Å²) < 4.78 is 0. The van der Waals surface area contributed by atoms with E-state index in [4.69, 9.17) is 0 Å². The molecule has 2 atom stereocenters. The molecular formula is C12H19N3. The molecule has 0 radical (unpaired) electrons. The number of nitrogens with zero attached hydrogens (tertiary/aromatic N) is 1. The van der Waals surface area contributed by atoms with E-state index in [1.807, 2.05) is 18.5 Å². The minimum absolute atomic E-state index is 0.392. The molecule has 82 valence electrons. The number of hydrogen-bond donors (Lipinski definition) is 2. The van der Waals surface area contributed by atoms with Gasteiger partial charge in [0.1, 0.15) is 0 Å². The molecule has 1 aromatic heterocycles. The van der Waals surface area contributed by atoms with Gasteiger partial charge in [-0.05, 0) is 37.9 Å². The summed E-state index contributed by atoms with van der Waals surface area (Å²) in [5, 5.41) is 7.05. The van der Waals surface area contributed by atoms with Crippen molar-refractivity contribution < 1.29 is 0 Å². The topological polar surface area (TPSA) is 37.0 Å². The van der Waals surface area contributed by atoms with Gasteiger partial charge in [0.2, 0.25) is 0 Å². The third-order valence-electron chi connectivity index (χ3n) is 2.97. The van der Waals surface area contributed by atoms with E-state index in [1.54, 1.807) is 0 Å². The lowest BCUT2D eigenvalue weighted by molar-refractivity contribution is 0.362. The van der Waals surface area contributed by atoms with Crippen LogP contribution in [0.25, 0.3) is 0 Å². The van der Waals surface area contributed by atoms with Crippen molar-refractivity contribution in [2.75, 3.05) is 13.1 Å². The molecular weight excluding hydrogens is 186 g/mol. The van der Waals surface area contributed by atoms with Gasteiger partial charge in [-0.25, -0.2) is 0 Å². The van der Waals surface area contributed by atoms with Crippen molar-refractivity contribution in [1.82, 2.24) is 15.6 Å². The second kappa shape index (κ2) is 5.24. The standard InChI is InChI=1S/C12H19N3/c1-10(11-4-2-6-13-8-11)15-12-5-3-7-14-9-12/h2,4,6,8,10,12,14-15H,3,5,7,9H2,1H3. The van der Waals surface area contributed by atoms with Gasteiger partial charge in [-0.1, -0.05) is 6.07 Å². The van der Waals surface area contributed by atoms with Gasteiger partial charge in [-0.3, -0.25) is 4.98 Å². The van der Waals surface area contributed by atoms with Crippen LogP contribution in [0.1, 0.15) is 31.4 Å². The maximum atomic E-state index is 4.14. The van der Waals surface area contributed by atoms with E-state index >= 15 is 0 Å². The highest BCUT2D eigenvalue weighted by Gasteiger charge is 2.15. The molecule has 0 spiro atoms. The number of rotatable bonds is 3. The molecule has 1 fully saturated rings. The molecule has 0 amide bonds. The lowest BCUT2D eigenvalue weighted by atomic mass is 10.0. The second-order valence-electron chi connectivity index (χ2n) is 4.22. The number of aromatic nitrogens is 1. The highest BCUT2D eigenvalue weighted by Crippen LogP contribution is 2.13. The number of nitrogens with one attached hydrogen (secondary N) is 2. The molecule has 1 saturated heterocycles. The zero-order valence-electron chi connectivity index (χ0n) is 9.24. The van der Waals surface area contributed by atoms with Crippen LogP contribution in [-0.4, -0.2) is 24.1 Å². The Hall–Kier alpha value is -0.930. The average Bonchev–Trinajstić information content (AvgIpc) is 2.31. The van der Waals surface area contributed by atoms with E-state index in [1.165, 1.54) is 24.9 Å². The summed E-state index contributed by atoms with van der Waals surface area (Å²) >= 11 is 0. The third kappa shape index (κ3) is 3.01. The zero-order valence-corrected chi connectivity index (χ0v) is 9.24. The Bertz CT molecular complexity index is 280. The minimum atomic E-state index is 0.392. The number of hydrogen-bond acceptors (Lipinski definition) is 3. The first kappa shape index (κ1) is 10.6. The first-order chi connectivity index (χ1) is 7.36. The van der Waals surface area contributed by atoms with Crippen molar-refractivity contribution in [1.29, 1.82) is 0 Å². The Labute approximate surface area is 91.3 Å². The number of piperidine rings is 1. The van der Waals surface area contributed by atoms with E-state index < -0.39 is 0 Å². The van der Waals surface area contributed by atoms with E-state index in [0.29, 0.717) is 12.1 Å². The van der Waals surface area contributed by atoms with Gasteiger partial charge in [0.15, 0.2) is 0 Å². The van der Waals surface area contributed by atoms with Gasteiger partial charge in [-0.15, -0.1) is 0 Å². The Balaban J connectivity index is 1.88. The summed E-state index contributed by atoms with van der Waals surface area (Å²) in [6, 6.07) is 5.12. The number of pyridine rings is 1. The van der Waals surface area contributed by atoms with Crippen molar-refractivity contribution in [2.24, 2.45) is 0 Å². The van der Waals surface area contributed by atoms with Crippen LogP contribution in [0.5, 0.6) is 0 Å². The summed E-state index contributed by atoms with van der Waals surface area (Å²) in [7, 11) is 0. The highest BCUT2D eigenvalue weighted by molar-refractivity contribution is 5.13. The van der Waals surface area contributed by atoms with Crippen LogP contribution in [0.2, 0.25) is 0 Å². The van der Waals surface area contributed by atoms with Gasteiger partial charge < -0.3 is 10.6 Å². The molecule has 1 aromatic rings. The third-order valence-corrected chi connectivity index (χ3v) is 2.97. The van der Waals surface area contributed by atoms with Crippen LogP contribution in [-0.2, 0) is 0 Å². The summed E-state index contributed by atoms with van der Waals surface area (Å²) in [4.78, 5) is 4.14. The molecule has 0 bridgehead atoms. The normalized spacial score (nSPS) is 23.7. The quantitative estimate of drug-likeness (QED) is 0.785. The SMILES string of the molecule is CC(NC1CCCNC1)c1cccnc1. The molecule has 0 saturated carbocycles. The van der Waals surface area contributed by atoms with Crippen molar-refractivity contribution >= 4 is 0 Å². The molecule has 15 heavy (non-hydrogen) atoms. The van der Waals surface area contributed by atoms with E-state index in [0.717, 1.165) is 6.54 Å². The second-order valence-corrected chi connectivity index (χ2v) is 4.22. The Morgan fingerprint density at radius 3 is 3.20 bits per heavy atom. The largest absolute Gasteiger partial charge is 0.315 e. The monoisotopic (exact) mass is 205 g/mol. The summed E-state index contributed by atoms with van der Waals surface area (Å²) in [6.45, 7) is 4.45. The molecule has 0 aromatic carbocycles. The fourth-order valence-corrected chi connectivity index (χ4v) is 2.08. The van der Waals surface area contributed by atoms with Crippen molar-refractivity contribution in [3.8, 4) is 0 Å². The Kier molecular flexibility index (Phi) is 3.69. The van der Waals surface area contributed by atoms with Crippen molar-refractivity contribution in [3.63, 3.8) is 0 Å². The molecule has 2 heterocycles. The van der Waals surface area contributed by atoms with Crippen LogP contribution in [0, 0.1) is 0 Å². The molecule has 2 rings (SSSR count). The Morgan fingerprint density at radius 1 is 1.60 bits per heavy atom. The van der Waals surface area contributed by atoms with Gasteiger partial charge in [0, 0.05) is 31.0 Å². The summed E-state index contributed by atoms with van der Waals surface area (Å²) in [5.74, 6) is 0. The van der Waals surface area contributed by atoms with Crippen LogP contribution in [0.15, 0.2) is 24.5 Å². The lowest BCUT2D eigenvalue weighted by Gasteiger charge is -2.27. The fraction of sp³-hybridized carbons (Fsp3) is 0.583. The van der Waals surface area contributed by atoms with Gasteiger partial charge >= 0.3 is 0 Å². The molecule has 0 aliphatic carbocycles. The predicted octanol–water partition coefficient (Wildman–Crippen LogP) is 1.48.